The minimum Gasteiger partial charge on any atom is -0.506 e. The number of pyridine rings is 1. The number of phenols is 1. The molecule has 1 aromatic carbocycles. The molecule has 0 aliphatic rings. The third kappa shape index (κ3) is 3.00. The molecule has 0 bridgehead atoms. The molecule has 2 N–H and O–H groups in total. The van der Waals surface area contributed by atoms with Gasteiger partial charge in [0, 0.05) is 11.9 Å². The predicted molar refractivity (Wildman–Crippen MR) is 73.0 cm³/mol. The summed E-state index contributed by atoms with van der Waals surface area (Å²) in [4.78, 5) is 15.8. The van der Waals surface area contributed by atoms with Crippen molar-refractivity contribution < 1.29 is 9.90 Å². The number of aromatic hydroxyl groups is 1. The summed E-state index contributed by atoms with van der Waals surface area (Å²) in [6, 6.07) is 7.78. The van der Waals surface area contributed by atoms with Gasteiger partial charge in [0.15, 0.2) is 0 Å². The van der Waals surface area contributed by atoms with Crippen LogP contribution in [-0.4, -0.2) is 16.0 Å². The summed E-state index contributed by atoms with van der Waals surface area (Å²) in [6.45, 7) is 0. The van der Waals surface area contributed by atoms with Gasteiger partial charge in [-0.2, -0.15) is 0 Å². The summed E-state index contributed by atoms with van der Waals surface area (Å²) in [5, 5.41) is 12.1. The lowest BCUT2D eigenvalue weighted by molar-refractivity contribution is 0.102. The summed E-state index contributed by atoms with van der Waals surface area (Å²) in [5.41, 5.74) is 0.938. The molecule has 1 aromatic heterocycles. The molecule has 0 aliphatic carbocycles. The summed E-state index contributed by atoms with van der Waals surface area (Å²) in [7, 11) is 0. The van der Waals surface area contributed by atoms with Crippen molar-refractivity contribution in [3.8, 4) is 5.75 Å². The molecule has 92 valence electrons. The second kappa shape index (κ2) is 5.37. The number of hydrogen-bond acceptors (Lipinski definition) is 3. The van der Waals surface area contributed by atoms with Crippen LogP contribution in [0.1, 0.15) is 10.4 Å². The monoisotopic (exact) mass is 326 g/mol. The van der Waals surface area contributed by atoms with Crippen LogP contribution < -0.4 is 5.32 Å². The van der Waals surface area contributed by atoms with E-state index in [2.05, 4.69) is 26.2 Å². The van der Waals surface area contributed by atoms with Gasteiger partial charge in [-0.3, -0.25) is 4.79 Å². The van der Waals surface area contributed by atoms with E-state index in [9.17, 15) is 9.90 Å². The fourth-order valence-corrected chi connectivity index (χ4v) is 1.71. The first-order valence-corrected chi connectivity index (χ1v) is 6.15. The first-order valence-electron chi connectivity index (χ1n) is 4.97. The number of aromatic nitrogens is 1. The van der Waals surface area contributed by atoms with Crippen molar-refractivity contribution in [1.82, 2.24) is 4.98 Å². The highest BCUT2D eigenvalue weighted by atomic mass is 79.9. The van der Waals surface area contributed by atoms with Crippen molar-refractivity contribution in [2.75, 3.05) is 5.32 Å². The van der Waals surface area contributed by atoms with Crippen LogP contribution >= 0.6 is 27.5 Å². The Hall–Kier alpha value is -1.59. The Morgan fingerprint density at radius 1 is 1.33 bits per heavy atom. The zero-order chi connectivity index (χ0) is 13.1. The third-order valence-corrected chi connectivity index (χ3v) is 2.97. The highest BCUT2D eigenvalue weighted by molar-refractivity contribution is 9.10. The van der Waals surface area contributed by atoms with Crippen molar-refractivity contribution in [3.05, 3.63) is 51.7 Å². The average molecular weight is 328 g/mol. The quantitative estimate of drug-likeness (QED) is 0.656. The van der Waals surface area contributed by atoms with E-state index < -0.39 is 0 Å². The fraction of sp³-hybridized carbons (Fsp3) is 0. The molecule has 0 aliphatic heterocycles. The number of halogens is 2. The predicted octanol–water partition coefficient (Wildman–Crippen LogP) is 3.46. The van der Waals surface area contributed by atoms with Gasteiger partial charge in [-0.1, -0.05) is 11.6 Å². The van der Waals surface area contributed by atoms with Crippen LogP contribution in [0.15, 0.2) is 41.1 Å². The second-order valence-corrected chi connectivity index (χ2v) is 4.71. The molecule has 0 radical (unpaired) electrons. The maximum Gasteiger partial charge on any atom is 0.257 e. The van der Waals surface area contributed by atoms with Crippen LogP contribution in [0, 0.1) is 0 Å². The molecule has 1 amide bonds. The summed E-state index contributed by atoms with van der Waals surface area (Å²) < 4.78 is 0.659. The topological polar surface area (TPSA) is 62.2 Å². The minimum atomic E-state index is -0.295. The van der Waals surface area contributed by atoms with E-state index in [1.807, 2.05) is 0 Å². The molecular formula is C12H8BrClN2O2. The van der Waals surface area contributed by atoms with Gasteiger partial charge in [0.05, 0.1) is 10.6 Å². The van der Waals surface area contributed by atoms with Crippen LogP contribution in [0.25, 0.3) is 0 Å². The van der Waals surface area contributed by atoms with Crippen molar-refractivity contribution >= 4 is 39.1 Å². The minimum absolute atomic E-state index is 0.0278. The Bertz CT molecular complexity index is 587. The highest BCUT2D eigenvalue weighted by Crippen LogP contribution is 2.26. The molecule has 18 heavy (non-hydrogen) atoms. The van der Waals surface area contributed by atoms with E-state index in [4.69, 9.17) is 11.6 Å². The fourth-order valence-electron chi connectivity index (χ4n) is 1.30. The molecule has 4 nitrogen and oxygen atoms in total. The molecule has 2 rings (SSSR count). The Kier molecular flexibility index (Phi) is 3.84. The summed E-state index contributed by atoms with van der Waals surface area (Å²) >= 11 is 8.94. The maximum atomic E-state index is 11.8. The number of nitrogens with one attached hydrogen (secondary N) is 1. The Morgan fingerprint density at radius 2 is 2.11 bits per heavy atom. The lowest BCUT2D eigenvalue weighted by Crippen LogP contribution is -2.11. The number of benzene rings is 1. The van der Waals surface area contributed by atoms with Gasteiger partial charge in [-0.05, 0) is 46.3 Å². The Labute approximate surface area is 117 Å². The van der Waals surface area contributed by atoms with E-state index in [0.717, 1.165) is 0 Å². The van der Waals surface area contributed by atoms with Crippen LogP contribution in [0.3, 0.4) is 0 Å². The summed E-state index contributed by atoms with van der Waals surface area (Å²) in [5.74, 6) is -0.322. The normalized spacial score (nSPS) is 10.1. The number of anilines is 1. The largest absolute Gasteiger partial charge is 0.506 e. The Balaban J connectivity index is 2.16. The number of nitrogens with zero attached hydrogens (tertiary/aromatic N) is 1. The molecule has 0 saturated carbocycles. The van der Waals surface area contributed by atoms with Gasteiger partial charge >= 0.3 is 0 Å². The molecule has 0 saturated heterocycles. The Morgan fingerprint density at radius 3 is 2.72 bits per heavy atom. The average Bonchev–Trinajstić information content (AvgIpc) is 2.34. The van der Waals surface area contributed by atoms with E-state index in [0.29, 0.717) is 15.9 Å². The van der Waals surface area contributed by atoms with Gasteiger partial charge in [-0.25, -0.2) is 4.98 Å². The van der Waals surface area contributed by atoms with Crippen LogP contribution in [-0.2, 0) is 0 Å². The smallest absolute Gasteiger partial charge is 0.257 e. The first kappa shape index (κ1) is 12.9. The van der Waals surface area contributed by atoms with Crippen LogP contribution in [0.4, 0.5) is 5.69 Å². The highest BCUT2D eigenvalue weighted by Gasteiger charge is 2.07. The molecule has 2 aromatic rings. The number of phenolic OH excluding ortho intramolecular Hbond substituents is 1. The van der Waals surface area contributed by atoms with Gasteiger partial charge in [0.25, 0.3) is 5.91 Å². The molecule has 0 spiro atoms. The van der Waals surface area contributed by atoms with Gasteiger partial charge < -0.3 is 10.4 Å². The van der Waals surface area contributed by atoms with Gasteiger partial charge in [0.2, 0.25) is 0 Å². The number of rotatable bonds is 2. The van der Waals surface area contributed by atoms with Crippen LogP contribution in [0.5, 0.6) is 5.75 Å². The lowest BCUT2D eigenvalue weighted by atomic mass is 10.2. The van der Waals surface area contributed by atoms with E-state index in [1.54, 1.807) is 18.2 Å². The van der Waals surface area contributed by atoms with Gasteiger partial charge in [-0.15, -0.1) is 0 Å². The standard InChI is InChI=1S/C12H8BrClN2O2/c13-11-4-1-7(6-15-11)12(18)16-8-2-3-10(17)9(14)5-8/h1-6,17H,(H,16,18). The molecule has 1 heterocycles. The molecule has 6 heteroatoms. The number of hydrogen-bond donors (Lipinski definition) is 2. The van der Waals surface area contributed by atoms with Gasteiger partial charge in [0.1, 0.15) is 10.4 Å². The van der Waals surface area contributed by atoms with Crippen molar-refractivity contribution in [1.29, 1.82) is 0 Å². The lowest BCUT2D eigenvalue weighted by Gasteiger charge is -2.06. The maximum absolute atomic E-state index is 11.8. The zero-order valence-corrected chi connectivity index (χ0v) is 11.4. The summed E-state index contributed by atoms with van der Waals surface area (Å²) in [6.07, 6.45) is 1.46. The van der Waals surface area contributed by atoms with Crippen molar-refractivity contribution in [3.63, 3.8) is 0 Å². The number of amides is 1. The SMILES string of the molecule is O=C(Nc1ccc(O)c(Cl)c1)c1ccc(Br)nc1. The van der Waals surface area contributed by atoms with Crippen LogP contribution in [0.2, 0.25) is 5.02 Å². The third-order valence-electron chi connectivity index (χ3n) is 2.20. The zero-order valence-electron chi connectivity index (χ0n) is 9.02. The molecule has 0 fully saturated rings. The van der Waals surface area contributed by atoms with Crippen molar-refractivity contribution in [2.24, 2.45) is 0 Å². The molecule has 0 atom stereocenters. The number of carbonyl (C=O) groups excluding carboxylic acids is 1. The van der Waals surface area contributed by atoms with E-state index >= 15 is 0 Å². The molecule has 0 unspecified atom stereocenters. The second-order valence-electron chi connectivity index (χ2n) is 3.49. The molecular weight excluding hydrogens is 320 g/mol. The number of carbonyl (C=O) groups is 1. The van der Waals surface area contributed by atoms with Crippen molar-refractivity contribution in [2.45, 2.75) is 0 Å². The first-order chi connectivity index (χ1) is 8.56. The van der Waals surface area contributed by atoms with E-state index in [1.165, 1.54) is 18.3 Å². The van der Waals surface area contributed by atoms with E-state index in [-0.39, 0.29) is 16.7 Å².